The van der Waals surface area contributed by atoms with Crippen LogP contribution in [0.2, 0.25) is 0 Å². The van der Waals surface area contributed by atoms with E-state index < -0.39 is 17.7 Å². The van der Waals surface area contributed by atoms with Crippen LogP contribution < -0.4 is 5.32 Å². The fourth-order valence-electron chi connectivity index (χ4n) is 1.25. The predicted molar refractivity (Wildman–Crippen MR) is 61.2 cm³/mol. The number of rotatable bonds is 3. The number of nitrogens with one attached hydrogen (secondary N) is 1. The molecule has 0 spiro atoms. The second kappa shape index (κ2) is 4.88. The number of aromatic nitrogens is 2. The van der Waals surface area contributed by atoms with Crippen LogP contribution in [0.5, 0.6) is 0 Å². The van der Waals surface area contributed by atoms with Gasteiger partial charge in [0.15, 0.2) is 5.69 Å². The molecule has 0 unspecified atom stereocenters. The zero-order chi connectivity index (χ0) is 13.1. The quantitative estimate of drug-likeness (QED) is 0.881. The van der Waals surface area contributed by atoms with Gasteiger partial charge in [0.1, 0.15) is 5.82 Å². The molecule has 0 radical (unpaired) electrons. The van der Waals surface area contributed by atoms with Crippen molar-refractivity contribution in [3.8, 4) is 0 Å². The van der Waals surface area contributed by atoms with Gasteiger partial charge in [0.25, 0.3) is 5.91 Å². The number of halogens is 1. The number of anilines is 1. The molecule has 92 valence electrons. The summed E-state index contributed by atoms with van der Waals surface area (Å²) in [6.07, 6.45) is 1.25. The molecule has 2 rings (SSSR count). The predicted octanol–water partition coefficient (Wildman–Crippen LogP) is 1.63. The third kappa shape index (κ3) is 2.48. The van der Waals surface area contributed by atoms with Gasteiger partial charge in [-0.05, 0) is 18.2 Å². The highest BCUT2D eigenvalue weighted by Crippen LogP contribution is 2.17. The van der Waals surface area contributed by atoms with Gasteiger partial charge in [0.2, 0.25) is 0 Å². The van der Waals surface area contributed by atoms with E-state index in [1.54, 1.807) is 0 Å². The maximum absolute atomic E-state index is 12.9. The molecule has 0 saturated heterocycles. The van der Waals surface area contributed by atoms with E-state index in [1.165, 1.54) is 12.3 Å². The number of amides is 1. The van der Waals surface area contributed by atoms with Crippen molar-refractivity contribution in [2.45, 2.75) is 0 Å². The van der Waals surface area contributed by atoms with Crippen LogP contribution in [-0.2, 0) is 0 Å². The van der Waals surface area contributed by atoms with Crippen LogP contribution in [0.1, 0.15) is 20.8 Å². The van der Waals surface area contributed by atoms with Crippen molar-refractivity contribution in [3.05, 3.63) is 41.5 Å². The Balaban J connectivity index is 2.29. The molecule has 1 amide bonds. The van der Waals surface area contributed by atoms with Gasteiger partial charge in [-0.2, -0.15) is 8.75 Å². The third-order valence-electron chi connectivity index (χ3n) is 2.05. The molecule has 6 nitrogen and oxygen atoms in total. The highest BCUT2D eigenvalue weighted by Gasteiger charge is 2.15. The second-order valence-corrected chi connectivity index (χ2v) is 3.80. The van der Waals surface area contributed by atoms with Crippen molar-refractivity contribution in [1.82, 2.24) is 8.75 Å². The van der Waals surface area contributed by atoms with Crippen molar-refractivity contribution >= 4 is 29.3 Å². The summed E-state index contributed by atoms with van der Waals surface area (Å²) in [5.41, 5.74) is -0.255. The molecule has 0 aliphatic heterocycles. The minimum absolute atomic E-state index is 0.00176. The van der Waals surface area contributed by atoms with Crippen LogP contribution in [0, 0.1) is 5.82 Å². The molecule has 0 aliphatic rings. The summed E-state index contributed by atoms with van der Waals surface area (Å²) in [4.78, 5) is 22.5. The largest absolute Gasteiger partial charge is 0.478 e. The Morgan fingerprint density at radius 3 is 2.78 bits per heavy atom. The first-order chi connectivity index (χ1) is 8.58. The lowest BCUT2D eigenvalue weighted by Gasteiger charge is -2.06. The Bertz CT molecular complexity index is 600. The SMILES string of the molecule is O=C(Nc1ccc(F)cc1C(=O)O)c1cnsn1. The van der Waals surface area contributed by atoms with E-state index in [2.05, 4.69) is 14.1 Å². The maximum atomic E-state index is 12.9. The smallest absolute Gasteiger partial charge is 0.337 e. The zero-order valence-electron chi connectivity index (χ0n) is 8.75. The molecule has 0 saturated carbocycles. The van der Waals surface area contributed by atoms with Crippen molar-refractivity contribution in [3.63, 3.8) is 0 Å². The number of benzene rings is 1. The van der Waals surface area contributed by atoms with Crippen LogP contribution in [0.15, 0.2) is 24.4 Å². The Morgan fingerprint density at radius 2 is 2.17 bits per heavy atom. The van der Waals surface area contributed by atoms with Gasteiger partial charge in [-0.25, -0.2) is 9.18 Å². The molecule has 0 fully saturated rings. The number of carbonyl (C=O) groups is 2. The summed E-state index contributed by atoms with van der Waals surface area (Å²) >= 11 is 0.854. The molecule has 8 heteroatoms. The Hall–Kier alpha value is -2.35. The minimum Gasteiger partial charge on any atom is -0.478 e. The molecule has 1 aromatic carbocycles. The van der Waals surface area contributed by atoms with Gasteiger partial charge in [0.05, 0.1) is 29.2 Å². The first-order valence-corrected chi connectivity index (χ1v) is 5.42. The van der Waals surface area contributed by atoms with E-state index in [0.29, 0.717) is 0 Å². The van der Waals surface area contributed by atoms with Gasteiger partial charge in [-0.3, -0.25) is 4.79 Å². The van der Waals surface area contributed by atoms with Crippen molar-refractivity contribution in [2.75, 3.05) is 5.32 Å². The number of hydrogen-bond donors (Lipinski definition) is 2. The summed E-state index contributed by atoms with van der Waals surface area (Å²) in [6.45, 7) is 0. The lowest BCUT2D eigenvalue weighted by Crippen LogP contribution is -2.15. The topological polar surface area (TPSA) is 92.2 Å². The number of carboxylic acid groups (broad SMARTS) is 1. The van der Waals surface area contributed by atoms with E-state index in [0.717, 1.165) is 23.9 Å². The van der Waals surface area contributed by atoms with Gasteiger partial charge < -0.3 is 10.4 Å². The summed E-state index contributed by atoms with van der Waals surface area (Å²) < 4.78 is 20.3. The average Bonchev–Trinajstić information content (AvgIpc) is 2.84. The summed E-state index contributed by atoms with van der Waals surface area (Å²) in [5, 5.41) is 11.2. The van der Waals surface area contributed by atoms with E-state index in [4.69, 9.17) is 5.11 Å². The van der Waals surface area contributed by atoms with Crippen molar-refractivity contribution in [2.24, 2.45) is 0 Å². The van der Waals surface area contributed by atoms with Crippen LogP contribution in [-0.4, -0.2) is 25.7 Å². The fourth-order valence-corrected chi connectivity index (χ4v) is 1.67. The van der Waals surface area contributed by atoms with Crippen LogP contribution in [0.25, 0.3) is 0 Å². The van der Waals surface area contributed by atoms with E-state index in [-0.39, 0.29) is 16.9 Å². The highest BCUT2D eigenvalue weighted by molar-refractivity contribution is 6.99. The van der Waals surface area contributed by atoms with Gasteiger partial charge in [-0.1, -0.05) is 0 Å². The molecule has 0 atom stereocenters. The number of carboxylic acids is 1. The average molecular weight is 267 g/mol. The third-order valence-corrected chi connectivity index (χ3v) is 2.53. The molecule has 0 bridgehead atoms. The first-order valence-electron chi connectivity index (χ1n) is 4.69. The molecular weight excluding hydrogens is 261 g/mol. The van der Waals surface area contributed by atoms with Crippen molar-refractivity contribution in [1.29, 1.82) is 0 Å². The van der Waals surface area contributed by atoms with Gasteiger partial charge >= 0.3 is 5.97 Å². The number of nitrogens with zero attached hydrogens (tertiary/aromatic N) is 2. The summed E-state index contributed by atoms with van der Waals surface area (Å²) in [5.74, 6) is -2.63. The van der Waals surface area contributed by atoms with Crippen LogP contribution in [0.3, 0.4) is 0 Å². The molecule has 2 N–H and O–H groups in total. The minimum atomic E-state index is -1.33. The standard InChI is InChI=1S/C10H6FN3O3S/c11-5-1-2-7(6(3-5)10(16)17)13-9(15)8-4-12-18-14-8/h1-4H,(H,13,15)(H,16,17). The molecular formula is C10H6FN3O3S. The lowest BCUT2D eigenvalue weighted by molar-refractivity contribution is 0.0697. The van der Waals surface area contributed by atoms with E-state index in [9.17, 15) is 14.0 Å². The monoisotopic (exact) mass is 267 g/mol. The van der Waals surface area contributed by atoms with Gasteiger partial charge in [-0.15, -0.1) is 0 Å². The molecule has 18 heavy (non-hydrogen) atoms. The summed E-state index contributed by atoms with van der Waals surface area (Å²) in [7, 11) is 0. The van der Waals surface area contributed by atoms with Crippen LogP contribution >= 0.6 is 11.7 Å². The number of carbonyl (C=O) groups excluding carboxylic acids is 1. The first kappa shape index (κ1) is 12.1. The van der Waals surface area contributed by atoms with E-state index >= 15 is 0 Å². The summed E-state index contributed by atoms with van der Waals surface area (Å²) in [6, 6.07) is 3.06. The lowest BCUT2D eigenvalue weighted by atomic mass is 10.1. The van der Waals surface area contributed by atoms with Gasteiger partial charge in [0, 0.05) is 0 Å². The zero-order valence-corrected chi connectivity index (χ0v) is 9.57. The normalized spacial score (nSPS) is 10.1. The van der Waals surface area contributed by atoms with E-state index in [1.807, 2.05) is 0 Å². The van der Waals surface area contributed by atoms with Crippen LogP contribution in [0.4, 0.5) is 10.1 Å². The fraction of sp³-hybridized carbons (Fsp3) is 0. The van der Waals surface area contributed by atoms with Crippen molar-refractivity contribution < 1.29 is 19.1 Å². The number of hydrogen-bond acceptors (Lipinski definition) is 5. The number of aromatic carboxylic acids is 1. The molecule has 1 aromatic heterocycles. The second-order valence-electron chi connectivity index (χ2n) is 3.24. The Labute approximate surface area is 104 Å². The Kier molecular flexibility index (Phi) is 3.28. The highest BCUT2D eigenvalue weighted by atomic mass is 32.1. The Morgan fingerprint density at radius 1 is 1.39 bits per heavy atom. The maximum Gasteiger partial charge on any atom is 0.337 e. The molecule has 0 aliphatic carbocycles. The molecule has 2 aromatic rings. The molecule has 1 heterocycles.